The third-order valence-corrected chi connectivity index (χ3v) is 9.07. The molecule has 3 aliphatic heterocycles. The molecule has 1 saturated heterocycles. The molecular formula is C30H36N6O5. The zero-order chi connectivity index (χ0) is 28.4. The molecule has 41 heavy (non-hydrogen) atoms. The number of aromatic nitrogens is 4. The molecule has 1 aromatic carbocycles. The van der Waals surface area contributed by atoms with Crippen LogP contribution in [0.15, 0.2) is 51.1 Å². The van der Waals surface area contributed by atoms with Crippen molar-refractivity contribution in [3.63, 3.8) is 0 Å². The van der Waals surface area contributed by atoms with Gasteiger partial charge in [0.05, 0.1) is 35.4 Å². The van der Waals surface area contributed by atoms with Crippen LogP contribution in [0.3, 0.4) is 0 Å². The zero-order valence-corrected chi connectivity index (χ0v) is 23.6. The average molecular weight is 561 g/mol. The minimum atomic E-state index is -0.926. The molecule has 0 bridgehead atoms. The second-order valence-corrected chi connectivity index (χ2v) is 11.8. The van der Waals surface area contributed by atoms with Gasteiger partial charge < -0.3 is 19.6 Å². The van der Waals surface area contributed by atoms with Gasteiger partial charge in [-0.05, 0) is 70.2 Å². The van der Waals surface area contributed by atoms with Gasteiger partial charge in [-0.25, -0.2) is 23.5 Å². The lowest BCUT2D eigenvalue weighted by Crippen LogP contribution is -2.53. The molecule has 11 heteroatoms. The Labute approximate surface area is 237 Å². The van der Waals surface area contributed by atoms with E-state index < -0.39 is 29.6 Å². The molecule has 1 saturated carbocycles. The monoisotopic (exact) mass is 560 g/mol. The van der Waals surface area contributed by atoms with Gasteiger partial charge in [-0.3, -0.25) is 4.98 Å². The van der Waals surface area contributed by atoms with E-state index in [-0.39, 0.29) is 18.1 Å². The SMILES string of the molecule is Cc1cc2c(nc1C)CCCCN2CC(C)ON=C1[C@H]2CCn3c(=O)n(-c4ccccc4)c(=O)n3[C@H]2[C@H](O)[C@@H]2O[C@H]12. The third kappa shape index (κ3) is 4.33. The number of epoxide rings is 1. The fourth-order valence-corrected chi connectivity index (χ4v) is 6.84. The van der Waals surface area contributed by atoms with E-state index in [1.807, 2.05) is 13.0 Å². The number of pyridine rings is 1. The number of para-hydroxylation sites is 1. The molecular weight excluding hydrogens is 524 g/mol. The molecule has 1 unspecified atom stereocenters. The molecule has 4 aliphatic rings. The van der Waals surface area contributed by atoms with E-state index in [2.05, 4.69) is 30.0 Å². The molecule has 0 amide bonds. The highest BCUT2D eigenvalue weighted by Crippen LogP contribution is 2.46. The van der Waals surface area contributed by atoms with Gasteiger partial charge in [0.15, 0.2) is 0 Å². The van der Waals surface area contributed by atoms with Crippen molar-refractivity contribution in [2.45, 2.75) is 83.5 Å². The van der Waals surface area contributed by atoms with Crippen molar-refractivity contribution >= 4 is 11.4 Å². The number of anilines is 1. The average Bonchev–Trinajstić information content (AvgIpc) is 3.75. The molecule has 216 valence electrons. The summed E-state index contributed by atoms with van der Waals surface area (Å²) in [6, 6.07) is 10.4. The number of hydrogen-bond acceptors (Lipinski definition) is 8. The van der Waals surface area contributed by atoms with Gasteiger partial charge in [-0.1, -0.05) is 23.4 Å². The first-order chi connectivity index (χ1) is 19.8. The van der Waals surface area contributed by atoms with Gasteiger partial charge in [0, 0.05) is 24.7 Å². The van der Waals surface area contributed by atoms with E-state index in [1.54, 1.807) is 24.3 Å². The van der Waals surface area contributed by atoms with Crippen LogP contribution in [0, 0.1) is 19.8 Å². The minimum Gasteiger partial charge on any atom is -0.391 e. The molecule has 11 nitrogen and oxygen atoms in total. The van der Waals surface area contributed by atoms with E-state index in [0.717, 1.165) is 37.2 Å². The second-order valence-electron chi connectivity index (χ2n) is 11.8. The predicted octanol–water partition coefficient (Wildman–Crippen LogP) is 2.12. The number of benzene rings is 1. The largest absolute Gasteiger partial charge is 0.391 e. The Morgan fingerprint density at radius 1 is 1.15 bits per heavy atom. The molecule has 1 aliphatic carbocycles. The molecule has 2 aromatic heterocycles. The summed E-state index contributed by atoms with van der Waals surface area (Å²) in [5, 5.41) is 15.8. The normalized spacial score (nSPS) is 28.2. The Balaban J connectivity index is 1.15. The maximum Gasteiger partial charge on any atom is 0.352 e. The second kappa shape index (κ2) is 9.99. The van der Waals surface area contributed by atoms with Crippen LogP contribution in [-0.4, -0.2) is 67.2 Å². The highest BCUT2D eigenvalue weighted by molar-refractivity contribution is 5.94. The summed E-state index contributed by atoms with van der Waals surface area (Å²) < 4.78 is 9.88. The van der Waals surface area contributed by atoms with Crippen molar-refractivity contribution in [1.82, 2.24) is 18.9 Å². The van der Waals surface area contributed by atoms with Crippen LogP contribution in [-0.2, 0) is 22.5 Å². The Kier molecular flexibility index (Phi) is 6.39. The van der Waals surface area contributed by atoms with Crippen LogP contribution >= 0.6 is 0 Å². The van der Waals surface area contributed by atoms with E-state index in [0.29, 0.717) is 30.9 Å². The minimum absolute atomic E-state index is 0.207. The summed E-state index contributed by atoms with van der Waals surface area (Å²) in [5.74, 6) is -0.279. The highest BCUT2D eigenvalue weighted by atomic mass is 16.6. The number of nitrogens with zero attached hydrogens (tertiary/aromatic N) is 6. The van der Waals surface area contributed by atoms with Gasteiger partial charge in [0.1, 0.15) is 24.4 Å². The molecule has 0 radical (unpaired) electrons. The lowest BCUT2D eigenvalue weighted by Gasteiger charge is -2.38. The maximum atomic E-state index is 13.6. The Morgan fingerprint density at radius 3 is 2.76 bits per heavy atom. The smallest absolute Gasteiger partial charge is 0.352 e. The van der Waals surface area contributed by atoms with Crippen molar-refractivity contribution in [2.75, 3.05) is 18.0 Å². The summed E-state index contributed by atoms with van der Waals surface area (Å²) >= 11 is 0. The van der Waals surface area contributed by atoms with Gasteiger partial charge in [-0.15, -0.1) is 0 Å². The quantitative estimate of drug-likeness (QED) is 0.375. The summed E-state index contributed by atoms with van der Waals surface area (Å²) in [7, 11) is 0. The van der Waals surface area contributed by atoms with Crippen molar-refractivity contribution in [1.29, 1.82) is 0 Å². The maximum absolute atomic E-state index is 13.6. The molecule has 6 atom stereocenters. The molecule has 1 N–H and O–H groups in total. The zero-order valence-electron chi connectivity index (χ0n) is 23.6. The first-order valence-electron chi connectivity index (χ1n) is 14.6. The topological polar surface area (TPSA) is 119 Å². The summed E-state index contributed by atoms with van der Waals surface area (Å²) in [6.45, 7) is 8.10. The van der Waals surface area contributed by atoms with Crippen LogP contribution in [0.1, 0.15) is 49.2 Å². The number of ether oxygens (including phenoxy) is 1. The van der Waals surface area contributed by atoms with Crippen LogP contribution < -0.4 is 16.3 Å². The fraction of sp³-hybridized carbons (Fsp3) is 0.533. The number of rotatable bonds is 5. The molecule has 7 rings (SSSR count). The molecule has 0 spiro atoms. The van der Waals surface area contributed by atoms with Crippen molar-refractivity contribution in [3.05, 3.63) is 74.3 Å². The number of hydrogen-bond donors (Lipinski definition) is 1. The number of aliphatic hydroxyl groups is 1. The van der Waals surface area contributed by atoms with E-state index in [1.165, 1.54) is 25.2 Å². The van der Waals surface area contributed by atoms with Crippen molar-refractivity contribution in [2.24, 2.45) is 11.1 Å². The predicted molar refractivity (Wildman–Crippen MR) is 153 cm³/mol. The Hall–Kier alpha value is -3.70. The third-order valence-electron chi connectivity index (χ3n) is 9.07. The van der Waals surface area contributed by atoms with E-state index in [4.69, 9.17) is 14.6 Å². The van der Waals surface area contributed by atoms with Crippen LogP contribution in [0.4, 0.5) is 5.69 Å². The number of oxime groups is 1. The summed E-state index contributed by atoms with van der Waals surface area (Å²) in [5.41, 5.74) is 4.90. The van der Waals surface area contributed by atoms with Crippen molar-refractivity contribution in [3.8, 4) is 5.69 Å². The number of aryl methyl sites for hydroxylation is 3. The number of fused-ring (bicyclic) bond motifs is 5. The van der Waals surface area contributed by atoms with Gasteiger partial charge in [0.25, 0.3) is 0 Å². The number of aliphatic hydroxyl groups excluding tert-OH is 1. The molecule has 2 fully saturated rings. The first-order valence-corrected chi connectivity index (χ1v) is 14.6. The van der Waals surface area contributed by atoms with Crippen molar-refractivity contribution < 1.29 is 14.7 Å². The summed E-state index contributed by atoms with van der Waals surface area (Å²) in [6.07, 6.45) is 1.78. The molecule has 3 aromatic rings. The standard InChI is InChI=1S/C30H36N6O5/c1-17-15-23-22(31-19(17)3)11-7-8-13-33(23)16-18(2)41-32-24-21-12-14-34-29(38)35(20-9-5-4-6-10-20)30(39)36(34)25(21)26(37)28-27(24)40-28/h4-6,9-10,15,18,21,25-28,37H,7-8,11-14,16H2,1-3H3/t18?,21-,25-,26+,27-,28+/m1/s1. The van der Waals surface area contributed by atoms with Gasteiger partial charge in [-0.2, -0.15) is 0 Å². The lowest BCUT2D eigenvalue weighted by molar-refractivity contribution is 0.0300. The lowest BCUT2D eigenvalue weighted by atomic mass is 9.78. The van der Waals surface area contributed by atoms with E-state index >= 15 is 0 Å². The van der Waals surface area contributed by atoms with Crippen LogP contribution in [0.2, 0.25) is 0 Å². The van der Waals surface area contributed by atoms with Crippen LogP contribution in [0.5, 0.6) is 0 Å². The van der Waals surface area contributed by atoms with Gasteiger partial charge in [0.2, 0.25) is 0 Å². The Morgan fingerprint density at radius 2 is 1.95 bits per heavy atom. The van der Waals surface area contributed by atoms with E-state index in [9.17, 15) is 14.7 Å². The Bertz CT molecular complexity index is 1620. The molecule has 5 heterocycles. The summed E-state index contributed by atoms with van der Waals surface area (Å²) in [4.78, 5) is 40.2. The fourth-order valence-electron chi connectivity index (χ4n) is 6.84. The first kappa shape index (κ1) is 26.2. The van der Waals surface area contributed by atoms with Crippen LogP contribution in [0.25, 0.3) is 5.69 Å². The highest BCUT2D eigenvalue weighted by Gasteiger charge is 2.61. The van der Waals surface area contributed by atoms with Gasteiger partial charge >= 0.3 is 11.4 Å².